The molecule has 2 unspecified atom stereocenters. The zero-order chi connectivity index (χ0) is 15.0. The van der Waals surface area contributed by atoms with Crippen molar-refractivity contribution >= 4 is 5.97 Å². The molecule has 1 aliphatic heterocycles. The second-order valence-corrected chi connectivity index (χ2v) is 6.21. The first-order chi connectivity index (χ1) is 9.42. The lowest BCUT2D eigenvalue weighted by Crippen LogP contribution is -2.30. The third kappa shape index (κ3) is 7.06. The van der Waals surface area contributed by atoms with Gasteiger partial charge in [-0.05, 0) is 52.9 Å². The summed E-state index contributed by atoms with van der Waals surface area (Å²) < 4.78 is 16.6. The average Bonchev–Trinajstić information content (AvgIpc) is 2.37. The molecule has 2 atom stereocenters. The lowest BCUT2D eigenvalue weighted by Gasteiger charge is -2.25. The van der Waals surface area contributed by atoms with Gasteiger partial charge in [-0.2, -0.15) is 0 Å². The molecule has 0 aromatic rings. The number of allylic oxidation sites excluding steroid dienone is 1. The quantitative estimate of drug-likeness (QED) is 0.530. The molecule has 0 spiro atoms. The molecule has 1 aliphatic rings. The molecular weight excluding hydrogens is 256 g/mol. The second-order valence-electron chi connectivity index (χ2n) is 6.21. The van der Waals surface area contributed by atoms with Crippen LogP contribution in [0.3, 0.4) is 0 Å². The fraction of sp³-hybridized carbons (Fsp3) is 0.812. The van der Waals surface area contributed by atoms with E-state index in [1.165, 1.54) is 0 Å². The monoisotopic (exact) mass is 284 g/mol. The van der Waals surface area contributed by atoms with Crippen LogP contribution in [0.15, 0.2) is 12.7 Å². The zero-order valence-corrected chi connectivity index (χ0v) is 13.0. The molecular formula is C16H28O4. The number of hydrogen-bond donors (Lipinski definition) is 0. The standard InChI is InChI=1S/C16H28O4/c1-5-8-13(15(17)20-16(2,3)4)10-12-19-14-9-6-7-11-18-14/h5,13-14H,1,6-12H2,2-4H3. The number of esters is 1. The number of ether oxygens (including phenoxy) is 3. The fourth-order valence-electron chi connectivity index (χ4n) is 2.10. The Morgan fingerprint density at radius 2 is 2.20 bits per heavy atom. The highest BCUT2D eigenvalue weighted by molar-refractivity contribution is 5.73. The summed E-state index contributed by atoms with van der Waals surface area (Å²) in [6, 6.07) is 0. The molecule has 1 rings (SSSR count). The van der Waals surface area contributed by atoms with Gasteiger partial charge in [0, 0.05) is 6.61 Å². The van der Waals surface area contributed by atoms with Crippen LogP contribution in [-0.2, 0) is 19.0 Å². The van der Waals surface area contributed by atoms with E-state index < -0.39 is 5.60 Å². The molecule has 0 radical (unpaired) electrons. The minimum absolute atomic E-state index is 0.105. The molecule has 1 heterocycles. The van der Waals surface area contributed by atoms with E-state index in [2.05, 4.69) is 6.58 Å². The van der Waals surface area contributed by atoms with Crippen molar-refractivity contribution in [1.29, 1.82) is 0 Å². The normalized spacial score (nSPS) is 21.2. The van der Waals surface area contributed by atoms with Crippen LogP contribution in [0.1, 0.15) is 52.9 Å². The molecule has 0 aromatic heterocycles. The van der Waals surface area contributed by atoms with E-state index in [1.807, 2.05) is 20.8 Å². The number of rotatable bonds is 7. The molecule has 20 heavy (non-hydrogen) atoms. The largest absolute Gasteiger partial charge is 0.460 e. The summed E-state index contributed by atoms with van der Waals surface area (Å²) in [7, 11) is 0. The molecule has 0 bridgehead atoms. The highest BCUT2D eigenvalue weighted by Crippen LogP contribution is 2.19. The third-order valence-corrected chi connectivity index (χ3v) is 3.10. The van der Waals surface area contributed by atoms with Gasteiger partial charge in [0.25, 0.3) is 0 Å². The molecule has 0 N–H and O–H groups in total. The number of hydrogen-bond acceptors (Lipinski definition) is 4. The predicted molar refractivity (Wildman–Crippen MR) is 78.3 cm³/mol. The average molecular weight is 284 g/mol. The van der Waals surface area contributed by atoms with Crippen LogP contribution < -0.4 is 0 Å². The van der Waals surface area contributed by atoms with Crippen molar-refractivity contribution in [2.75, 3.05) is 13.2 Å². The minimum Gasteiger partial charge on any atom is -0.460 e. The Balaban J connectivity index is 2.34. The Labute approximate surface area is 122 Å². The van der Waals surface area contributed by atoms with Crippen molar-refractivity contribution in [3.8, 4) is 0 Å². The summed E-state index contributed by atoms with van der Waals surface area (Å²) >= 11 is 0. The molecule has 4 nitrogen and oxygen atoms in total. The van der Waals surface area contributed by atoms with Gasteiger partial charge < -0.3 is 14.2 Å². The van der Waals surface area contributed by atoms with Crippen molar-refractivity contribution < 1.29 is 19.0 Å². The Bertz CT molecular complexity index is 300. The fourth-order valence-corrected chi connectivity index (χ4v) is 2.10. The van der Waals surface area contributed by atoms with E-state index in [9.17, 15) is 4.79 Å². The summed E-state index contributed by atoms with van der Waals surface area (Å²) in [5.74, 6) is -0.360. The highest BCUT2D eigenvalue weighted by atomic mass is 16.7. The molecule has 0 saturated carbocycles. The van der Waals surface area contributed by atoms with Crippen molar-refractivity contribution in [3.05, 3.63) is 12.7 Å². The Morgan fingerprint density at radius 1 is 1.45 bits per heavy atom. The van der Waals surface area contributed by atoms with Gasteiger partial charge in [-0.25, -0.2) is 0 Å². The Kier molecular flexibility index (Phi) is 7.24. The lowest BCUT2D eigenvalue weighted by molar-refractivity contribution is -0.171. The van der Waals surface area contributed by atoms with Crippen LogP contribution in [0.2, 0.25) is 0 Å². The topological polar surface area (TPSA) is 44.8 Å². The van der Waals surface area contributed by atoms with Gasteiger partial charge in [0.15, 0.2) is 6.29 Å². The maximum atomic E-state index is 12.1. The van der Waals surface area contributed by atoms with Gasteiger partial charge in [0.05, 0.1) is 12.5 Å². The predicted octanol–water partition coefficient (Wildman–Crippen LogP) is 3.45. The van der Waals surface area contributed by atoms with Crippen molar-refractivity contribution in [3.63, 3.8) is 0 Å². The van der Waals surface area contributed by atoms with Crippen molar-refractivity contribution in [2.45, 2.75) is 64.8 Å². The maximum Gasteiger partial charge on any atom is 0.309 e. The summed E-state index contributed by atoms with van der Waals surface area (Å²) in [6.07, 6.45) is 6.10. The van der Waals surface area contributed by atoms with E-state index in [1.54, 1.807) is 6.08 Å². The van der Waals surface area contributed by atoms with Crippen LogP contribution in [0.25, 0.3) is 0 Å². The summed E-state index contributed by atoms with van der Waals surface area (Å²) in [5.41, 5.74) is -0.455. The number of carbonyl (C=O) groups excluding carboxylic acids is 1. The molecule has 4 heteroatoms. The lowest BCUT2D eigenvalue weighted by atomic mass is 10.0. The van der Waals surface area contributed by atoms with Crippen LogP contribution in [0, 0.1) is 5.92 Å². The van der Waals surface area contributed by atoms with Crippen molar-refractivity contribution in [2.24, 2.45) is 5.92 Å². The van der Waals surface area contributed by atoms with E-state index in [-0.39, 0.29) is 18.2 Å². The molecule has 0 aromatic carbocycles. The van der Waals surface area contributed by atoms with E-state index in [0.29, 0.717) is 19.4 Å². The molecule has 0 aliphatic carbocycles. The van der Waals surface area contributed by atoms with Crippen LogP contribution >= 0.6 is 0 Å². The Hall–Kier alpha value is -0.870. The van der Waals surface area contributed by atoms with E-state index in [0.717, 1.165) is 25.9 Å². The third-order valence-electron chi connectivity index (χ3n) is 3.10. The molecule has 1 saturated heterocycles. The zero-order valence-electron chi connectivity index (χ0n) is 13.0. The van der Waals surface area contributed by atoms with Crippen LogP contribution in [-0.4, -0.2) is 31.1 Å². The highest BCUT2D eigenvalue weighted by Gasteiger charge is 2.24. The van der Waals surface area contributed by atoms with Gasteiger partial charge >= 0.3 is 5.97 Å². The Morgan fingerprint density at radius 3 is 2.75 bits per heavy atom. The summed E-state index contributed by atoms with van der Waals surface area (Å²) in [4.78, 5) is 12.1. The first-order valence-corrected chi connectivity index (χ1v) is 7.49. The SMILES string of the molecule is C=CCC(CCOC1CCCCO1)C(=O)OC(C)(C)C. The number of carbonyl (C=O) groups is 1. The van der Waals surface area contributed by atoms with Gasteiger partial charge in [-0.3, -0.25) is 4.79 Å². The van der Waals surface area contributed by atoms with Crippen LogP contribution in [0.5, 0.6) is 0 Å². The molecule has 1 fully saturated rings. The first kappa shape index (κ1) is 17.2. The first-order valence-electron chi connectivity index (χ1n) is 7.49. The minimum atomic E-state index is -0.455. The summed E-state index contributed by atoms with van der Waals surface area (Å²) in [6.45, 7) is 10.6. The van der Waals surface area contributed by atoms with Crippen molar-refractivity contribution in [1.82, 2.24) is 0 Å². The van der Waals surface area contributed by atoms with Crippen LogP contribution in [0.4, 0.5) is 0 Å². The van der Waals surface area contributed by atoms with Gasteiger partial charge in [0.1, 0.15) is 5.60 Å². The van der Waals surface area contributed by atoms with E-state index >= 15 is 0 Å². The van der Waals surface area contributed by atoms with E-state index in [4.69, 9.17) is 14.2 Å². The molecule has 116 valence electrons. The second kappa shape index (κ2) is 8.42. The molecule has 0 amide bonds. The summed E-state index contributed by atoms with van der Waals surface area (Å²) in [5, 5.41) is 0. The maximum absolute atomic E-state index is 12.1. The van der Waals surface area contributed by atoms with Gasteiger partial charge in [0.2, 0.25) is 0 Å². The smallest absolute Gasteiger partial charge is 0.309 e. The van der Waals surface area contributed by atoms with Gasteiger partial charge in [-0.1, -0.05) is 6.08 Å². The van der Waals surface area contributed by atoms with Gasteiger partial charge in [-0.15, -0.1) is 6.58 Å².